The zero-order chi connectivity index (χ0) is 38.8. The minimum Gasteiger partial charge on any atom is -0.455 e. The van der Waals surface area contributed by atoms with Gasteiger partial charge in [-0.3, -0.25) is 0 Å². The van der Waals surface area contributed by atoms with Crippen LogP contribution in [0.4, 0.5) is 0 Å². The van der Waals surface area contributed by atoms with Crippen LogP contribution in [-0.2, 0) is 0 Å². The number of para-hydroxylation sites is 2. The summed E-state index contributed by atoms with van der Waals surface area (Å²) in [7, 11) is -2.17. The maximum absolute atomic E-state index is 6.62. The molecule has 3 nitrogen and oxygen atoms in total. The van der Waals surface area contributed by atoms with E-state index in [9.17, 15) is 0 Å². The molecule has 0 bridgehead atoms. The highest BCUT2D eigenvalue weighted by Crippen LogP contribution is 2.42. The molecule has 11 rings (SSSR count). The van der Waals surface area contributed by atoms with Crippen LogP contribution in [0.3, 0.4) is 0 Å². The Morgan fingerprint density at radius 1 is 0.397 bits per heavy atom. The molecular weight excluding hydrogens is 721 g/mol. The van der Waals surface area contributed by atoms with E-state index in [2.05, 4.69) is 195 Å². The first-order valence-corrected chi connectivity index (χ1v) is 22.9. The molecule has 0 spiro atoms. The van der Waals surface area contributed by atoms with Crippen LogP contribution >= 0.6 is 0 Å². The molecule has 8 aromatic carbocycles. The summed E-state index contributed by atoms with van der Waals surface area (Å²) in [5.74, 6) is 0.733. The Balaban J connectivity index is 1.05. The smallest absolute Gasteiger partial charge is 0.159 e. The summed E-state index contributed by atoms with van der Waals surface area (Å²) in [5.41, 5.74) is 16.4. The van der Waals surface area contributed by atoms with Gasteiger partial charge in [0, 0.05) is 32.8 Å². The van der Waals surface area contributed by atoms with Crippen molar-refractivity contribution in [3.63, 3.8) is 0 Å². The van der Waals surface area contributed by atoms with E-state index in [0.29, 0.717) is 0 Å². The summed E-state index contributed by atoms with van der Waals surface area (Å²) in [4.78, 5) is 11.0. The van der Waals surface area contributed by atoms with Crippen molar-refractivity contribution in [1.82, 2.24) is 9.97 Å². The quantitative estimate of drug-likeness (QED) is 0.159. The highest BCUT2D eigenvalue weighted by molar-refractivity contribution is 7.03. The monoisotopic (exact) mass is 758 g/mol. The van der Waals surface area contributed by atoms with E-state index in [1.807, 2.05) is 12.1 Å². The fourth-order valence-electron chi connectivity index (χ4n) is 8.90. The van der Waals surface area contributed by atoms with Crippen molar-refractivity contribution < 1.29 is 4.42 Å². The van der Waals surface area contributed by atoms with Crippen LogP contribution in [0, 0.1) is 0 Å². The number of hydrogen-bond donors (Lipinski definition) is 0. The Labute approximate surface area is 339 Å². The third kappa shape index (κ3) is 5.64. The number of rotatable bonds is 6. The van der Waals surface area contributed by atoms with Gasteiger partial charge in [-0.25, -0.2) is 9.97 Å². The fraction of sp³-hybridized carbons (Fsp3) is 0.0370. The van der Waals surface area contributed by atoms with Crippen LogP contribution in [0.25, 0.3) is 100 Å². The molecule has 0 amide bonds. The first kappa shape index (κ1) is 34.1. The van der Waals surface area contributed by atoms with Gasteiger partial charge in [0.05, 0.1) is 5.69 Å². The first-order chi connectivity index (χ1) is 28.5. The predicted octanol–water partition coefficient (Wildman–Crippen LogP) is 13.2. The van der Waals surface area contributed by atoms with Crippen molar-refractivity contribution in [1.29, 1.82) is 0 Å². The summed E-state index contributed by atoms with van der Waals surface area (Å²) < 4.78 is 6.62. The lowest BCUT2D eigenvalue weighted by molar-refractivity contribution is 0.670. The minimum atomic E-state index is -2.17. The molecule has 0 fully saturated rings. The highest BCUT2D eigenvalue weighted by Gasteiger charge is 2.41. The third-order valence-corrected chi connectivity index (χ3v) is 15.2. The van der Waals surface area contributed by atoms with Crippen molar-refractivity contribution in [2.45, 2.75) is 13.1 Å². The van der Waals surface area contributed by atoms with Crippen molar-refractivity contribution in [2.24, 2.45) is 0 Å². The third-order valence-electron chi connectivity index (χ3n) is 11.8. The van der Waals surface area contributed by atoms with Gasteiger partial charge < -0.3 is 4.42 Å². The second-order valence-corrected chi connectivity index (χ2v) is 20.0. The van der Waals surface area contributed by atoms with Crippen LogP contribution in [0.15, 0.2) is 199 Å². The number of benzene rings is 8. The zero-order valence-electron chi connectivity index (χ0n) is 32.3. The molecule has 0 saturated carbocycles. The SMILES string of the molecule is C[Si]1(C)c2ccccc2-c2c(-c3cccc4c3oc3ccccc34)nc(-c3cccc(-c4cccc(-c5cc(-c6ccccc6)cc(-c6ccccc6)c5)c4)c3)nc21. The van der Waals surface area contributed by atoms with Crippen molar-refractivity contribution in [3.05, 3.63) is 194 Å². The normalized spacial score (nSPS) is 12.8. The van der Waals surface area contributed by atoms with Gasteiger partial charge in [0.15, 0.2) is 5.82 Å². The topological polar surface area (TPSA) is 38.9 Å². The molecule has 1 aliphatic heterocycles. The lowest BCUT2D eigenvalue weighted by atomic mass is 9.92. The first-order valence-electron chi connectivity index (χ1n) is 19.9. The molecule has 10 aromatic rings. The number of aromatic nitrogens is 2. The molecule has 274 valence electrons. The number of furan rings is 1. The van der Waals surface area contributed by atoms with E-state index in [1.54, 1.807) is 0 Å². The highest BCUT2D eigenvalue weighted by atomic mass is 28.3. The molecule has 0 aliphatic carbocycles. The van der Waals surface area contributed by atoms with Crippen molar-refractivity contribution >= 4 is 40.5 Å². The summed E-state index contributed by atoms with van der Waals surface area (Å²) >= 11 is 0. The number of nitrogens with zero attached hydrogens (tertiary/aromatic N) is 2. The number of hydrogen-bond acceptors (Lipinski definition) is 3. The Kier molecular flexibility index (Phi) is 7.95. The molecule has 3 heterocycles. The second-order valence-electron chi connectivity index (χ2n) is 15.8. The molecule has 0 saturated heterocycles. The van der Waals surface area contributed by atoms with Crippen LogP contribution < -0.4 is 10.5 Å². The molecule has 0 radical (unpaired) electrons. The van der Waals surface area contributed by atoms with Crippen LogP contribution in [0.2, 0.25) is 13.1 Å². The summed E-state index contributed by atoms with van der Waals surface area (Å²) in [6.45, 7) is 4.83. The van der Waals surface area contributed by atoms with Gasteiger partial charge in [-0.1, -0.05) is 165 Å². The van der Waals surface area contributed by atoms with Crippen LogP contribution in [0.1, 0.15) is 0 Å². The van der Waals surface area contributed by atoms with Gasteiger partial charge in [-0.2, -0.15) is 0 Å². The maximum Gasteiger partial charge on any atom is 0.159 e. The summed E-state index contributed by atoms with van der Waals surface area (Å²) in [6, 6.07) is 69.3. The fourth-order valence-corrected chi connectivity index (χ4v) is 11.8. The Hall–Kier alpha value is -7.14. The summed E-state index contributed by atoms with van der Waals surface area (Å²) in [5, 5.41) is 4.77. The molecular formula is C54H38N2OSi. The molecule has 0 unspecified atom stereocenters. The lowest BCUT2D eigenvalue weighted by Gasteiger charge is -2.19. The van der Waals surface area contributed by atoms with E-state index >= 15 is 0 Å². The second kappa shape index (κ2) is 13.5. The average molecular weight is 759 g/mol. The maximum atomic E-state index is 6.62. The van der Waals surface area contributed by atoms with Crippen LogP contribution in [0.5, 0.6) is 0 Å². The average Bonchev–Trinajstić information content (AvgIpc) is 3.79. The Morgan fingerprint density at radius 2 is 0.879 bits per heavy atom. The molecule has 0 atom stereocenters. The van der Waals surface area contributed by atoms with E-state index in [-0.39, 0.29) is 0 Å². The Morgan fingerprint density at radius 3 is 1.59 bits per heavy atom. The van der Waals surface area contributed by atoms with Crippen molar-refractivity contribution in [2.75, 3.05) is 0 Å². The van der Waals surface area contributed by atoms with E-state index < -0.39 is 8.07 Å². The van der Waals surface area contributed by atoms with Gasteiger partial charge in [0.25, 0.3) is 0 Å². The standard InChI is InChI=1S/C54H38N2OSi/c1-58(2)49-29-12-10-25-46(49)50-51(47-27-15-26-45-44-24-9-11-28-48(44)57-52(45)47)55-53(56-54(50)58)40-23-14-21-38(31-40)37-20-13-22-39(30-37)43-33-41(35-16-5-3-6-17-35)32-42(34-43)36-18-7-4-8-19-36/h3-34H,1-2H3. The Bertz CT molecular complexity index is 3140. The molecule has 0 N–H and O–H groups in total. The molecule has 4 heteroatoms. The van der Waals surface area contributed by atoms with Gasteiger partial charge >= 0.3 is 0 Å². The van der Waals surface area contributed by atoms with E-state index in [4.69, 9.17) is 14.4 Å². The minimum absolute atomic E-state index is 0.733. The van der Waals surface area contributed by atoms with Gasteiger partial charge in [-0.15, -0.1) is 0 Å². The van der Waals surface area contributed by atoms with E-state index in [1.165, 1.54) is 49.4 Å². The molecule has 1 aliphatic rings. The van der Waals surface area contributed by atoms with Gasteiger partial charge in [0.1, 0.15) is 19.2 Å². The summed E-state index contributed by atoms with van der Waals surface area (Å²) in [6.07, 6.45) is 0. The molecule has 2 aromatic heterocycles. The lowest BCUT2D eigenvalue weighted by Crippen LogP contribution is -2.50. The largest absolute Gasteiger partial charge is 0.455 e. The van der Waals surface area contributed by atoms with Gasteiger partial charge in [-0.05, 0) is 97.7 Å². The molecule has 58 heavy (non-hydrogen) atoms. The van der Waals surface area contributed by atoms with Crippen LogP contribution in [-0.4, -0.2) is 18.0 Å². The zero-order valence-corrected chi connectivity index (χ0v) is 33.3. The predicted molar refractivity (Wildman–Crippen MR) is 244 cm³/mol. The van der Waals surface area contributed by atoms with E-state index in [0.717, 1.165) is 61.3 Å². The number of fused-ring (bicyclic) bond motifs is 6. The van der Waals surface area contributed by atoms with Crippen molar-refractivity contribution in [3.8, 4) is 78.3 Å². The van der Waals surface area contributed by atoms with Gasteiger partial charge in [0.2, 0.25) is 0 Å².